The summed E-state index contributed by atoms with van der Waals surface area (Å²) in [5, 5.41) is -0.412. The van der Waals surface area contributed by atoms with Crippen molar-refractivity contribution in [3.05, 3.63) is 87.8 Å². The molecule has 1 fully saturated rings. The van der Waals surface area contributed by atoms with Gasteiger partial charge < -0.3 is 9.47 Å². The molecule has 3 amide bonds. The summed E-state index contributed by atoms with van der Waals surface area (Å²) in [7, 11) is 0. The van der Waals surface area contributed by atoms with Gasteiger partial charge in [0.25, 0.3) is 11.1 Å². The smallest absolute Gasteiger partial charge is 0.294 e. The van der Waals surface area contributed by atoms with Crippen molar-refractivity contribution in [2.45, 2.75) is 26.8 Å². The number of fused-ring (bicyclic) bond motifs is 1. The van der Waals surface area contributed by atoms with Gasteiger partial charge in [0.15, 0.2) is 0 Å². The maximum Gasteiger partial charge on any atom is 0.294 e. The molecule has 2 aliphatic heterocycles. The molecule has 172 valence electrons. The van der Waals surface area contributed by atoms with Crippen LogP contribution in [0.3, 0.4) is 0 Å². The lowest BCUT2D eigenvalue weighted by atomic mass is 10.00. The first kappa shape index (κ1) is 22.2. The van der Waals surface area contributed by atoms with E-state index in [0.29, 0.717) is 18.0 Å². The first-order valence-corrected chi connectivity index (χ1v) is 11.9. The molecule has 0 unspecified atom stereocenters. The quantitative estimate of drug-likeness (QED) is 0.534. The van der Waals surface area contributed by atoms with Crippen LogP contribution in [0.2, 0.25) is 0 Å². The third-order valence-corrected chi connectivity index (χ3v) is 7.24. The van der Waals surface area contributed by atoms with Gasteiger partial charge in [-0.3, -0.25) is 24.3 Å². The topological polar surface area (TPSA) is 75.5 Å². The Morgan fingerprint density at radius 3 is 2.59 bits per heavy atom. The molecule has 2 aliphatic rings. The number of hydrogen-bond donors (Lipinski definition) is 0. The summed E-state index contributed by atoms with van der Waals surface area (Å²) in [4.78, 5) is 45.8. The molecule has 0 bridgehead atoms. The van der Waals surface area contributed by atoms with E-state index in [2.05, 4.69) is 15.6 Å². The minimum atomic E-state index is -0.422. The second-order valence-electron chi connectivity index (χ2n) is 8.47. The van der Waals surface area contributed by atoms with Crippen LogP contribution in [0.4, 0.5) is 4.79 Å². The lowest BCUT2D eigenvalue weighted by molar-refractivity contribution is -0.136. The van der Waals surface area contributed by atoms with Crippen LogP contribution < -0.4 is 0 Å². The van der Waals surface area contributed by atoms with Gasteiger partial charge in [0.1, 0.15) is 6.54 Å². The molecule has 8 heteroatoms. The highest BCUT2D eigenvalue weighted by Gasteiger charge is 2.37. The molecule has 3 aromatic rings. The van der Waals surface area contributed by atoms with E-state index in [-0.39, 0.29) is 12.5 Å². The molecule has 7 nitrogen and oxygen atoms in total. The summed E-state index contributed by atoms with van der Waals surface area (Å²) in [5.74, 6) is -0.636. The molecular weight excluding hydrogens is 448 g/mol. The van der Waals surface area contributed by atoms with Crippen molar-refractivity contribution in [3.8, 4) is 5.69 Å². The summed E-state index contributed by atoms with van der Waals surface area (Å²) in [6.07, 6.45) is 5.98. The maximum absolute atomic E-state index is 13.0. The Bertz CT molecular complexity index is 1330. The minimum absolute atomic E-state index is 0.214. The van der Waals surface area contributed by atoms with Crippen LogP contribution in [0, 0.1) is 13.8 Å². The van der Waals surface area contributed by atoms with E-state index in [4.69, 9.17) is 0 Å². The number of nitrogens with zero attached hydrogens (tertiary/aromatic N) is 4. The Morgan fingerprint density at radius 1 is 1.09 bits per heavy atom. The van der Waals surface area contributed by atoms with Crippen molar-refractivity contribution in [1.82, 2.24) is 19.4 Å². The van der Waals surface area contributed by atoms with E-state index in [1.807, 2.05) is 50.2 Å². The van der Waals surface area contributed by atoms with Crippen molar-refractivity contribution in [1.29, 1.82) is 0 Å². The second-order valence-corrected chi connectivity index (χ2v) is 9.46. The van der Waals surface area contributed by atoms with Crippen molar-refractivity contribution in [2.75, 3.05) is 13.1 Å². The molecule has 4 heterocycles. The molecule has 0 saturated carbocycles. The number of aromatic nitrogens is 2. The lowest BCUT2D eigenvalue weighted by Gasteiger charge is -2.29. The number of pyridine rings is 1. The predicted molar refractivity (Wildman–Crippen MR) is 131 cm³/mol. The van der Waals surface area contributed by atoms with Gasteiger partial charge >= 0.3 is 0 Å². The molecule has 0 spiro atoms. The van der Waals surface area contributed by atoms with Gasteiger partial charge in [-0.15, -0.1) is 0 Å². The van der Waals surface area contributed by atoms with Crippen LogP contribution in [0.5, 0.6) is 0 Å². The molecule has 2 aromatic heterocycles. The van der Waals surface area contributed by atoms with Gasteiger partial charge in [-0.25, -0.2) is 0 Å². The molecule has 0 atom stereocenters. The third-order valence-electron chi connectivity index (χ3n) is 6.33. The van der Waals surface area contributed by atoms with E-state index < -0.39 is 11.1 Å². The zero-order valence-corrected chi connectivity index (χ0v) is 19.8. The van der Waals surface area contributed by atoms with Gasteiger partial charge in [0.05, 0.1) is 4.91 Å². The number of carbonyl (C=O) groups is 3. The molecule has 1 aromatic carbocycles. The number of rotatable bonds is 4. The average Bonchev–Trinajstić information content (AvgIpc) is 3.28. The molecule has 34 heavy (non-hydrogen) atoms. The summed E-state index contributed by atoms with van der Waals surface area (Å²) < 4.78 is 2.08. The number of aryl methyl sites for hydroxylation is 1. The normalized spacial score (nSPS) is 16.9. The minimum Gasteiger partial charge on any atom is -0.336 e. The number of hydrogen-bond acceptors (Lipinski definition) is 5. The van der Waals surface area contributed by atoms with Gasteiger partial charge in [0.2, 0.25) is 5.91 Å². The van der Waals surface area contributed by atoms with Gasteiger partial charge in [-0.2, -0.15) is 0 Å². The first-order valence-electron chi connectivity index (χ1n) is 11.1. The van der Waals surface area contributed by atoms with Crippen LogP contribution in [0.25, 0.3) is 11.8 Å². The van der Waals surface area contributed by atoms with Gasteiger partial charge in [-0.1, -0.05) is 24.3 Å². The van der Waals surface area contributed by atoms with Crippen molar-refractivity contribution in [3.63, 3.8) is 0 Å². The number of thioether (sulfide) groups is 1. The molecule has 0 N–H and O–H groups in total. The standard InChI is InChI=1S/C26H24N4O3S/c1-17-13-21(18(2)30(17)22-7-10-27-11-8-22)14-23-25(32)29(26(33)34-23)16-24(31)28-12-9-19-5-3-4-6-20(19)15-28/h3-8,10-11,13-14H,9,12,15-16H2,1-2H3/b23-14-. The van der Waals surface area contributed by atoms with E-state index in [0.717, 1.165) is 51.3 Å². The van der Waals surface area contributed by atoms with E-state index in [1.165, 1.54) is 5.56 Å². The fourth-order valence-electron chi connectivity index (χ4n) is 4.55. The highest BCUT2D eigenvalue weighted by molar-refractivity contribution is 8.18. The zero-order chi connectivity index (χ0) is 23.8. The largest absolute Gasteiger partial charge is 0.336 e. The SMILES string of the molecule is Cc1cc(/C=C2\SC(=O)N(CC(=O)N3CCc4ccccc4C3)C2=O)c(C)n1-c1ccncc1. The van der Waals surface area contributed by atoms with Crippen molar-refractivity contribution < 1.29 is 14.4 Å². The second kappa shape index (κ2) is 8.95. The summed E-state index contributed by atoms with van der Waals surface area (Å²) in [6.45, 7) is 4.82. The van der Waals surface area contributed by atoms with Crippen LogP contribution in [0.1, 0.15) is 28.1 Å². The summed E-state index contributed by atoms with van der Waals surface area (Å²) >= 11 is 0.882. The third kappa shape index (κ3) is 4.05. The fourth-order valence-corrected chi connectivity index (χ4v) is 5.37. The highest BCUT2D eigenvalue weighted by Crippen LogP contribution is 2.34. The number of benzene rings is 1. The Kier molecular flexibility index (Phi) is 5.83. The first-order chi connectivity index (χ1) is 16.4. The maximum atomic E-state index is 13.0. The molecular formula is C26H24N4O3S. The van der Waals surface area contributed by atoms with E-state index >= 15 is 0 Å². The molecule has 0 aliphatic carbocycles. The Labute approximate surface area is 202 Å². The molecule has 5 rings (SSSR count). The van der Waals surface area contributed by atoms with Crippen molar-refractivity contribution in [2.24, 2.45) is 0 Å². The fraction of sp³-hybridized carbons (Fsp3) is 0.231. The van der Waals surface area contributed by atoms with Crippen LogP contribution in [-0.2, 0) is 22.6 Å². The Morgan fingerprint density at radius 2 is 1.82 bits per heavy atom. The predicted octanol–water partition coefficient (Wildman–Crippen LogP) is 4.11. The van der Waals surface area contributed by atoms with Crippen LogP contribution >= 0.6 is 11.8 Å². The van der Waals surface area contributed by atoms with Gasteiger partial charge in [0, 0.05) is 42.6 Å². The zero-order valence-electron chi connectivity index (χ0n) is 19.0. The van der Waals surface area contributed by atoms with E-state index in [1.54, 1.807) is 23.4 Å². The van der Waals surface area contributed by atoms with Crippen LogP contribution in [0.15, 0.2) is 59.8 Å². The van der Waals surface area contributed by atoms with Crippen LogP contribution in [-0.4, -0.2) is 49.5 Å². The monoisotopic (exact) mass is 472 g/mol. The summed E-state index contributed by atoms with van der Waals surface area (Å²) in [5.41, 5.74) is 6.16. The number of amides is 3. The Balaban J connectivity index is 1.33. The Hall–Kier alpha value is -3.65. The van der Waals surface area contributed by atoms with Gasteiger partial charge in [-0.05, 0) is 73.0 Å². The molecule has 1 saturated heterocycles. The van der Waals surface area contributed by atoms with Crippen molar-refractivity contribution >= 4 is 34.9 Å². The number of carbonyl (C=O) groups excluding carboxylic acids is 3. The number of imide groups is 1. The molecule has 0 radical (unpaired) electrons. The lowest BCUT2D eigenvalue weighted by Crippen LogP contribution is -2.44. The summed E-state index contributed by atoms with van der Waals surface area (Å²) in [6, 6.07) is 13.9. The van der Waals surface area contributed by atoms with E-state index in [9.17, 15) is 14.4 Å². The average molecular weight is 473 g/mol. The highest BCUT2D eigenvalue weighted by atomic mass is 32.2.